The van der Waals surface area contributed by atoms with Gasteiger partial charge in [-0.15, -0.1) is 5.10 Å². The molecule has 0 spiro atoms. The lowest BCUT2D eigenvalue weighted by molar-refractivity contribution is -0.132. The van der Waals surface area contributed by atoms with E-state index in [9.17, 15) is 4.79 Å². The van der Waals surface area contributed by atoms with E-state index in [0.717, 1.165) is 5.56 Å². The number of aromatic nitrogens is 3. The largest absolute Gasteiger partial charge is 0.368 e. The van der Waals surface area contributed by atoms with Gasteiger partial charge in [0.25, 0.3) is 0 Å². The van der Waals surface area contributed by atoms with Crippen LogP contribution in [0.15, 0.2) is 18.2 Å². The van der Waals surface area contributed by atoms with Crippen LogP contribution in [0.1, 0.15) is 5.56 Å². The van der Waals surface area contributed by atoms with Crippen molar-refractivity contribution in [3.05, 3.63) is 33.8 Å². The number of carbonyl (C=O) groups excluding carboxylic acids is 1. The predicted octanol–water partition coefficient (Wildman–Crippen LogP) is 0.912. The monoisotopic (exact) mass is 383 g/mol. The Morgan fingerprint density at radius 2 is 2.00 bits per heavy atom. The van der Waals surface area contributed by atoms with Crippen LogP contribution in [0.25, 0.3) is 0 Å². The number of aromatic amines is 1. The van der Waals surface area contributed by atoms with Crippen LogP contribution >= 0.6 is 23.2 Å². The second kappa shape index (κ2) is 7.47. The Hall–Kier alpha value is -2.03. The molecule has 5 N–H and O–H groups in total. The second-order valence-corrected chi connectivity index (χ2v) is 6.72. The van der Waals surface area contributed by atoms with Gasteiger partial charge in [0, 0.05) is 36.2 Å². The van der Waals surface area contributed by atoms with E-state index >= 15 is 0 Å². The minimum atomic E-state index is -0.649. The highest BCUT2D eigenvalue weighted by molar-refractivity contribution is 6.35. The van der Waals surface area contributed by atoms with E-state index in [-0.39, 0.29) is 11.9 Å². The number of amides is 1. The summed E-state index contributed by atoms with van der Waals surface area (Å²) < 4.78 is 0. The van der Waals surface area contributed by atoms with Gasteiger partial charge in [-0.2, -0.15) is 4.98 Å². The van der Waals surface area contributed by atoms with Crippen LogP contribution in [0.5, 0.6) is 0 Å². The van der Waals surface area contributed by atoms with Crippen LogP contribution in [0, 0.1) is 0 Å². The number of H-pyrrole nitrogens is 1. The molecule has 1 aromatic carbocycles. The maximum absolute atomic E-state index is 12.6. The number of nitrogens with two attached hydrogens (primary N) is 2. The average Bonchev–Trinajstić information content (AvgIpc) is 3.03. The zero-order valence-electron chi connectivity index (χ0n) is 13.5. The van der Waals surface area contributed by atoms with Crippen molar-refractivity contribution in [2.75, 3.05) is 36.8 Å². The van der Waals surface area contributed by atoms with E-state index in [1.54, 1.807) is 23.1 Å². The summed E-state index contributed by atoms with van der Waals surface area (Å²) in [6, 6.07) is 4.53. The minimum absolute atomic E-state index is 0.0971. The van der Waals surface area contributed by atoms with Gasteiger partial charge in [0.2, 0.25) is 17.8 Å². The van der Waals surface area contributed by atoms with Crippen LogP contribution in [0.2, 0.25) is 10.0 Å². The van der Waals surface area contributed by atoms with E-state index in [4.69, 9.17) is 34.7 Å². The van der Waals surface area contributed by atoms with Gasteiger partial charge in [-0.05, 0) is 24.1 Å². The SMILES string of the molecule is Nc1nc(N2CCN(C(=O)[C@@H](N)Cc3ccc(Cl)cc3Cl)CC2)n[nH]1. The van der Waals surface area contributed by atoms with Crippen molar-refractivity contribution in [2.45, 2.75) is 12.5 Å². The third-order valence-corrected chi connectivity index (χ3v) is 4.72. The molecule has 2 heterocycles. The number of piperazine rings is 1. The fourth-order valence-electron chi connectivity index (χ4n) is 2.78. The molecule has 25 heavy (non-hydrogen) atoms. The van der Waals surface area contributed by atoms with Crippen LogP contribution in [-0.2, 0) is 11.2 Å². The number of carbonyl (C=O) groups is 1. The van der Waals surface area contributed by atoms with Gasteiger partial charge in [-0.3, -0.25) is 4.79 Å². The molecule has 1 fully saturated rings. The molecule has 0 unspecified atom stereocenters. The predicted molar refractivity (Wildman–Crippen MR) is 97.7 cm³/mol. The quantitative estimate of drug-likeness (QED) is 0.722. The summed E-state index contributed by atoms with van der Waals surface area (Å²) in [7, 11) is 0. The first kappa shape index (κ1) is 17.8. The number of hydrogen-bond donors (Lipinski definition) is 3. The molecule has 8 nitrogen and oxygen atoms in total. The summed E-state index contributed by atoms with van der Waals surface area (Å²) in [5.74, 6) is 0.720. The lowest BCUT2D eigenvalue weighted by Gasteiger charge is -2.35. The molecule has 0 saturated carbocycles. The Labute approximate surface area is 155 Å². The Morgan fingerprint density at radius 3 is 2.60 bits per heavy atom. The number of benzene rings is 1. The number of rotatable bonds is 4. The molecular weight excluding hydrogens is 365 g/mol. The Kier molecular flexibility index (Phi) is 5.31. The van der Waals surface area contributed by atoms with E-state index in [1.807, 2.05) is 4.90 Å². The fourth-order valence-corrected chi connectivity index (χ4v) is 3.26. The van der Waals surface area contributed by atoms with Crippen molar-refractivity contribution in [1.29, 1.82) is 0 Å². The van der Waals surface area contributed by atoms with Crippen molar-refractivity contribution in [2.24, 2.45) is 5.73 Å². The normalized spacial score (nSPS) is 16.1. The van der Waals surface area contributed by atoms with E-state index in [0.29, 0.717) is 48.6 Å². The molecule has 10 heteroatoms. The van der Waals surface area contributed by atoms with Crippen molar-refractivity contribution >= 4 is 41.0 Å². The molecule has 1 saturated heterocycles. The molecule has 2 aromatic rings. The lowest BCUT2D eigenvalue weighted by atomic mass is 10.1. The highest BCUT2D eigenvalue weighted by Crippen LogP contribution is 2.22. The summed E-state index contributed by atoms with van der Waals surface area (Å²) in [4.78, 5) is 20.4. The van der Waals surface area contributed by atoms with Crippen LogP contribution in [-0.4, -0.2) is 58.2 Å². The molecule has 1 aromatic heterocycles. The van der Waals surface area contributed by atoms with Crippen molar-refractivity contribution < 1.29 is 4.79 Å². The Morgan fingerprint density at radius 1 is 1.28 bits per heavy atom. The molecule has 0 aliphatic carbocycles. The highest BCUT2D eigenvalue weighted by Gasteiger charge is 2.27. The summed E-state index contributed by atoms with van der Waals surface area (Å²) in [6.07, 6.45) is 0.368. The number of halogens is 2. The first-order valence-corrected chi connectivity index (χ1v) is 8.61. The van der Waals surface area contributed by atoms with Gasteiger partial charge >= 0.3 is 0 Å². The van der Waals surface area contributed by atoms with E-state index in [2.05, 4.69) is 15.2 Å². The standard InChI is InChI=1S/C15H19Cl2N7O/c16-10-2-1-9(11(17)8-10)7-12(18)13(25)23-3-5-24(6-4-23)15-20-14(19)21-22-15/h1-2,8,12H,3-7,18H2,(H3,19,20,21,22)/t12-/m0/s1. The summed E-state index contributed by atoms with van der Waals surface area (Å²) in [6.45, 7) is 2.35. The molecule has 0 bridgehead atoms. The average molecular weight is 384 g/mol. The topological polar surface area (TPSA) is 117 Å². The number of nitrogens with one attached hydrogen (secondary N) is 1. The van der Waals surface area contributed by atoms with Crippen molar-refractivity contribution in [3.63, 3.8) is 0 Å². The molecule has 1 amide bonds. The highest BCUT2D eigenvalue weighted by atomic mass is 35.5. The summed E-state index contributed by atoms with van der Waals surface area (Å²) >= 11 is 12.0. The summed E-state index contributed by atoms with van der Waals surface area (Å²) in [5.41, 5.74) is 12.4. The Bertz CT molecular complexity index is 758. The van der Waals surface area contributed by atoms with Crippen LogP contribution in [0.4, 0.5) is 11.9 Å². The van der Waals surface area contributed by atoms with Crippen molar-refractivity contribution in [3.8, 4) is 0 Å². The fraction of sp³-hybridized carbons (Fsp3) is 0.400. The zero-order chi connectivity index (χ0) is 18.0. The van der Waals surface area contributed by atoms with Gasteiger partial charge in [-0.25, -0.2) is 5.10 Å². The van der Waals surface area contributed by atoms with Crippen LogP contribution < -0.4 is 16.4 Å². The Balaban J connectivity index is 1.56. The molecule has 3 rings (SSSR count). The lowest BCUT2D eigenvalue weighted by Crippen LogP contribution is -2.54. The van der Waals surface area contributed by atoms with E-state index in [1.165, 1.54) is 0 Å². The van der Waals surface area contributed by atoms with Gasteiger partial charge in [0.15, 0.2) is 0 Å². The number of anilines is 2. The maximum atomic E-state index is 12.6. The number of nitrogen functional groups attached to an aromatic ring is 1. The zero-order valence-corrected chi connectivity index (χ0v) is 15.0. The smallest absolute Gasteiger partial charge is 0.246 e. The summed E-state index contributed by atoms with van der Waals surface area (Å²) in [5, 5.41) is 7.71. The van der Waals surface area contributed by atoms with Crippen molar-refractivity contribution in [1.82, 2.24) is 20.1 Å². The molecule has 134 valence electrons. The number of hydrogen-bond acceptors (Lipinski definition) is 6. The molecule has 1 aliphatic rings. The van der Waals surface area contributed by atoms with E-state index < -0.39 is 6.04 Å². The second-order valence-electron chi connectivity index (χ2n) is 5.88. The maximum Gasteiger partial charge on any atom is 0.246 e. The van der Waals surface area contributed by atoms with Crippen LogP contribution in [0.3, 0.4) is 0 Å². The van der Waals surface area contributed by atoms with Gasteiger partial charge in [0.05, 0.1) is 6.04 Å². The molecule has 1 aliphatic heterocycles. The minimum Gasteiger partial charge on any atom is -0.368 e. The molecule has 1 atom stereocenters. The first-order chi connectivity index (χ1) is 11.9. The van der Waals surface area contributed by atoms with Gasteiger partial charge in [-0.1, -0.05) is 29.3 Å². The number of nitrogens with zero attached hydrogens (tertiary/aromatic N) is 4. The molecule has 0 radical (unpaired) electrons. The van der Waals surface area contributed by atoms with Gasteiger partial charge in [0.1, 0.15) is 0 Å². The van der Waals surface area contributed by atoms with Gasteiger partial charge < -0.3 is 21.3 Å². The third-order valence-electron chi connectivity index (χ3n) is 4.14. The first-order valence-electron chi connectivity index (χ1n) is 7.85. The molecular formula is C15H19Cl2N7O. The third kappa shape index (κ3) is 4.15.